The second-order valence-electron chi connectivity index (χ2n) is 4.95. The number of anilines is 1. The molecule has 2 rings (SSSR count). The van der Waals surface area contributed by atoms with Gasteiger partial charge in [-0.15, -0.1) is 0 Å². The van der Waals surface area contributed by atoms with E-state index in [4.69, 9.17) is 16.7 Å². The predicted octanol–water partition coefficient (Wildman–Crippen LogP) is 3.33. The van der Waals surface area contributed by atoms with Crippen molar-refractivity contribution >= 4 is 40.1 Å². The highest BCUT2D eigenvalue weighted by Gasteiger charge is 2.14. The molecule has 0 saturated heterocycles. The molecule has 2 aromatic rings. The zero-order valence-corrected chi connectivity index (χ0v) is 12.2. The molecule has 0 aliphatic rings. The number of aromatic nitrogens is 1. The summed E-state index contributed by atoms with van der Waals surface area (Å²) in [4.78, 5) is 26.8. The van der Waals surface area contributed by atoms with Crippen molar-refractivity contribution < 1.29 is 14.7 Å². The number of carboxylic acids is 1. The molecular formula is C15H15ClN2O3. The standard InChI is InChI=1S/C15H15ClN2O3/c1-9(8-14(20)21)7-13(19)18-12-5-4-11(16)10-3-2-6-17-15(10)12/h2-6,9H,7-8H2,1H3,(H,18,19)(H,20,21). The predicted molar refractivity (Wildman–Crippen MR) is 81.4 cm³/mol. The zero-order valence-electron chi connectivity index (χ0n) is 11.5. The van der Waals surface area contributed by atoms with Crippen LogP contribution in [0.15, 0.2) is 30.5 Å². The maximum Gasteiger partial charge on any atom is 0.303 e. The minimum atomic E-state index is -0.908. The van der Waals surface area contributed by atoms with Crippen molar-refractivity contribution in [3.05, 3.63) is 35.5 Å². The van der Waals surface area contributed by atoms with Gasteiger partial charge < -0.3 is 10.4 Å². The van der Waals surface area contributed by atoms with Gasteiger partial charge in [0.05, 0.1) is 16.2 Å². The summed E-state index contributed by atoms with van der Waals surface area (Å²) in [5.74, 6) is -1.37. The minimum absolute atomic E-state index is 0.0347. The summed E-state index contributed by atoms with van der Waals surface area (Å²) in [5.41, 5.74) is 1.19. The number of amides is 1. The molecule has 1 heterocycles. The molecule has 0 spiro atoms. The Kier molecular flexibility index (Phi) is 4.75. The second-order valence-corrected chi connectivity index (χ2v) is 5.36. The van der Waals surface area contributed by atoms with Crippen molar-refractivity contribution in [2.75, 3.05) is 5.32 Å². The molecular weight excluding hydrogens is 292 g/mol. The van der Waals surface area contributed by atoms with Crippen molar-refractivity contribution in [1.29, 1.82) is 0 Å². The van der Waals surface area contributed by atoms with Crippen LogP contribution in [0.25, 0.3) is 10.9 Å². The number of carbonyl (C=O) groups excluding carboxylic acids is 1. The van der Waals surface area contributed by atoms with Gasteiger partial charge in [0.2, 0.25) is 5.91 Å². The van der Waals surface area contributed by atoms with Crippen LogP contribution in [0.1, 0.15) is 19.8 Å². The lowest BCUT2D eigenvalue weighted by Gasteiger charge is -2.11. The van der Waals surface area contributed by atoms with E-state index in [9.17, 15) is 9.59 Å². The Balaban J connectivity index is 2.15. The maximum absolute atomic E-state index is 12.0. The van der Waals surface area contributed by atoms with E-state index >= 15 is 0 Å². The molecule has 1 amide bonds. The van der Waals surface area contributed by atoms with E-state index in [0.717, 1.165) is 5.39 Å². The third-order valence-electron chi connectivity index (χ3n) is 3.05. The quantitative estimate of drug-likeness (QED) is 0.888. The lowest BCUT2D eigenvalue weighted by Crippen LogP contribution is -2.17. The molecule has 0 aliphatic carbocycles. The molecule has 1 atom stereocenters. The lowest BCUT2D eigenvalue weighted by molar-refractivity contribution is -0.138. The van der Waals surface area contributed by atoms with Crippen molar-refractivity contribution in [2.24, 2.45) is 5.92 Å². The van der Waals surface area contributed by atoms with Gasteiger partial charge in [-0.05, 0) is 30.2 Å². The van der Waals surface area contributed by atoms with Gasteiger partial charge >= 0.3 is 5.97 Å². The number of nitrogens with zero attached hydrogens (tertiary/aromatic N) is 1. The topological polar surface area (TPSA) is 79.3 Å². The lowest BCUT2D eigenvalue weighted by atomic mass is 10.0. The van der Waals surface area contributed by atoms with Gasteiger partial charge in [0.15, 0.2) is 0 Å². The molecule has 1 unspecified atom stereocenters. The molecule has 1 aromatic carbocycles. The first-order valence-corrected chi connectivity index (χ1v) is 6.90. The van der Waals surface area contributed by atoms with Gasteiger partial charge in [-0.2, -0.15) is 0 Å². The van der Waals surface area contributed by atoms with E-state index in [0.29, 0.717) is 16.2 Å². The molecule has 5 nitrogen and oxygen atoms in total. The molecule has 0 aliphatic heterocycles. The van der Waals surface area contributed by atoms with Crippen LogP contribution >= 0.6 is 11.6 Å². The van der Waals surface area contributed by atoms with Gasteiger partial charge in [0.1, 0.15) is 0 Å². The monoisotopic (exact) mass is 306 g/mol. The van der Waals surface area contributed by atoms with Crippen LogP contribution in [0.3, 0.4) is 0 Å². The third-order valence-corrected chi connectivity index (χ3v) is 3.38. The van der Waals surface area contributed by atoms with Crippen molar-refractivity contribution in [3.8, 4) is 0 Å². The van der Waals surface area contributed by atoms with Gasteiger partial charge in [-0.25, -0.2) is 0 Å². The van der Waals surface area contributed by atoms with Crippen LogP contribution in [0.4, 0.5) is 5.69 Å². The first-order valence-electron chi connectivity index (χ1n) is 6.52. The summed E-state index contributed by atoms with van der Waals surface area (Å²) < 4.78 is 0. The average molecular weight is 307 g/mol. The molecule has 0 bridgehead atoms. The second kappa shape index (κ2) is 6.54. The fourth-order valence-corrected chi connectivity index (χ4v) is 2.34. The van der Waals surface area contributed by atoms with E-state index in [1.165, 1.54) is 0 Å². The first kappa shape index (κ1) is 15.3. The molecule has 0 fully saturated rings. The number of benzene rings is 1. The number of hydrogen-bond donors (Lipinski definition) is 2. The maximum atomic E-state index is 12.0. The molecule has 21 heavy (non-hydrogen) atoms. The summed E-state index contributed by atoms with van der Waals surface area (Å²) in [7, 11) is 0. The van der Waals surface area contributed by atoms with E-state index in [-0.39, 0.29) is 24.7 Å². The number of rotatable bonds is 5. The Morgan fingerprint density at radius 3 is 2.81 bits per heavy atom. The van der Waals surface area contributed by atoms with Crippen LogP contribution < -0.4 is 5.32 Å². The summed E-state index contributed by atoms with van der Waals surface area (Å²) in [5, 5.41) is 12.8. The smallest absolute Gasteiger partial charge is 0.303 e. The number of carboxylic acid groups (broad SMARTS) is 1. The molecule has 0 saturated carbocycles. The van der Waals surface area contributed by atoms with E-state index in [2.05, 4.69) is 10.3 Å². The fraction of sp³-hybridized carbons (Fsp3) is 0.267. The molecule has 1 aromatic heterocycles. The van der Waals surface area contributed by atoms with Crippen LogP contribution in [0.2, 0.25) is 5.02 Å². The summed E-state index contributed by atoms with van der Waals surface area (Å²) in [6, 6.07) is 6.99. The molecule has 0 radical (unpaired) electrons. The Morgan fingerprint density at radius 1 is 1.33 bits per heavy atom. The molecule has 110 valence electrons. The Morgan fingerprint density at radius 2 is 2.10 bits per heavy atom. The van der Waals surface area contributed by atoms with Crippen LogP contribution in [-0.2, 0) is 9.59 Å². The Bertz CT molecular complexity index is 688. The van der Waals surface area contributed by atoms with Crippen LogP contribution in [0, 0.1) is 5.92 Å². The van der Waals surface area contributed by atoms with E-state index in [1.54, 1.807) is 31.3 Å². The SMILES string of the molecule is CC(CC(=O)O)CC(=O)Nc1ccc(Cl)c2cccnc12. The summed E-state index contributed by atoms with van der Waals surface area (Å²) in [6.07, 6.45) is 1.73. The highest BCUT2D eigenvalue weighted by molar-refractivity contribution is 6.35. The number of aliphatic carboxylic acids is 1. The normalized spacial score (nSPS) is 12.1. The first-order chi connectivity index (χ1) is 9.97. The average Bonchev–Trinajstić information content (AvgIpc) is 2.41. The van der Waals surface area contributed by atoms with Gasteiger partial charge in [-0.1, -0.05) is 18.5 Å². The molecule has 6 heteroatoms. The fourth-order valence-electron chi connectivity index (χ4n) is 2.13. The Hall–Kier alpha value is -2.14. The van der Waals surface area contributed by atoms with Crippen molar-refractivity contribution in [3.63, 3.8) is 0 Å². The number of fused-ring (bicyclic) bond motifs is 1. The van der Waals surface area contributed by atoms with Crippen LogP contribution in [0.5, 0.6) is 0 Å². The van der Waals surface area contributed by atoms with Crippen LogP contribution in [-0.4, -0.2) is 22.0 Å². The van der Waals surface area contributed by atoms with E-state index in [1.807, 2.05) is 6.07 Å². The summed E-state index contributed by atoms with van der Waals surface area (Å²) in [6.45, 7) is 1.73. The van der Waals surface area contributed by atoms with Gasteiger partial charge in [0.25, 0.3) is 0 Å². The number of halogens is 1. The number of hydrogen-bond acceptors (Lipinski definition) is 3. The Labute approximate surface area is 126 Å². The van der Waals surface area contributed by atoms with Crippen molar-refractivity contribution in [2.45, 2.75) is 19.8 Å². The van der Waals surface area contributed by atoms with E-state index < -0.39 is 5.97 Å². The largest absolute Gasteiger partial charge is 0.481 e. The summed E-state index contributed by atoms with van der Waals surface area (Å²) >= 11 is 6.09. The van der Waals surface area contributed by atoms with Gasteiger partial charge in [0, 0.05) is 24.4 Å². The molecule has 2 N–H and O–H groups in total. The minimum Gasteiger partial charge on any atom is -0.481 e. The number of pyridine rings is 1. The van der Waals surface area contributed by atoms with Crippen molar-refractivity contribution in [1.82, 2.24) is 4.98 Å². The third kappa shape index (κ3) is 3.92. The highest BCUT2D eigenvalue weighted by Crippen LogP contribution is 2.28. The van der Waals surface area contributed by atoms with Gasteiger partial charge in [-0.3, -0.25) is 14.6 Å². The highest BCUT2D eigenvalue weighted by atomic mass is 35.5. The number of nitrogens with one attached hydrogen (secondary N) is 1. The number of carbonyl (C=O) groups is 2. The zero-order chi connectivity index (χ0) is 15.4.